The van der Waals surface area contributed by atoms with Crippen LogP contribution in [-0.2, 0) is 9.59 Å². The minimum absolute atomic E-state index is 0.0900. The molecule has 6 aromatic rings. The lowest BCUT2D eigenvalue weighted by Gasteiger charge is -2.21. The molecule has 2 aliphatic rings. The maximum Gasteiger partial charge on any atom is 0.227 e. The Bertz CT molecular complexity index is 2240. The number of benzene rings is 4. The first-order chi connectivity index (χ1) is 26.4. The van der Waals surface area contributed by atoms with Crippen LogP contribution in [0.1, 0.15) is 64.2 Å². The average Bonchev–Trinajstić information content (AvgIpc) is 3.20. The molecule has 0 radical (unpaired) electrons. The summed E-state index contributed by atoms with van der Waals surface area (Å²) in [5.41, 5.74) is 5.02. The lowest BCUT2D eigenvalue weighted by Crippen LogP contribution is -2.24. The molecular formula is C44H44Cl2N6O2. The van der Waals surface area contributed by atoms with E-state index in [1.54, 1.807) is 12.1 Å². The Morgan fingerprint density at radius 1 is 0.500 bits per heavy atom. The lowest BCUT2D eigenvalue weighted by atomic mass is 9.88. The van der Waals surface area contributed by atoms with Crippen LogP contribution in [0.3, 0.4) is 0 Å². The molecule has 54 heavy (non-hydrogen) atoms. The molecule has 0 unspecified atom stereocenters. The molecular weight excluding hydrogens is 715 g/mol. The van der Waals surface area contributed by atoms with E-state index in [-0.39, 0.29) is 23.7 Å². The molecule has 2 aromatic heterocycles. The molecule has 8 nitrogen and oxygen atoms in total. The molecule has 0 saturated heterocycles. The zero-order valence-electron chi connectivity index (χ0n) is 30.1. The van der Waals surface area contributed by atoms with Gasteiger partial charge in [0.15, 0.2) is 0 Å². The van der Waals surface area contributed by atoms with Gasteiger partial charge in [-0.3, -0.25) is 9.59 Å². The van der Waals surface area contributed by atoms with Gasteiger partial charge in [-0.2, -0.15) is 0 Å². The van der Waals surface area contributed by atoms with Crippen LogP contribution in [0.25, 0.3) is 21.8 Å². The molecule has 276 valence electrons. The van der Waals surface area contributed by atoms with Crippen LogP contribution in [0.15, 0.2) is 109 Å². The maximum absolute atomic E-state index is 12.8. The Kier molecular flexibility index (Phi) is 12.2. The number of hydrogen-bond donors (Lipinski definition) is 4. The first-order valence-corrected chi connectivity index (χ1v) is 19.6. The van der Waals surface area contributed by atoms with Crippen molar-refractivity contribution in [3.8, 4) is 0 Å². The van der Waals surface area contributed by atoms with E-state index in [2.05, 4.69) is 31.2 Å². The lowest BCUT2D eigenvalue weighted by molar-refractivity contribution is -0.121. The van der Waals surface area contributed by atoms with E-state index < -0.39 is 0 Å². The van der Waals surface area contributed by atoms with Crippen molar-refractivity contribution in [3.05, 3.63) is 119 Å². The van der Waals surface area contributed by atoms with Crippen molar-refractivity contribution >= 4 is 91.2 Å². The Labute approximate surface area is 326 Å². The van der Waals surface area contributed by atoms with Gasteiger partial charge in [-0.1, -0.05) is 116 Å². The highest BCUT2D eigenvalue weighted by atomic mass is 35.5. The predicted molar refractivity (Wildman–Crippen MR) is 223 cm³/mol. The topological polar surface area (TPSA) is 108 Å². The van der Waals surface area contributed by atoms with Gasteiger partial charge in [0.1, 0.15) is 11.6 Å². The van der Waals surface area contributed by atoms with Crippen LogP contribution in [0.5, 0.6) is 0 Å². The largest absolute Gasteiger partial charge is 0.340 e. The third-order valence-corrected chi connectivity index (χ3v) is 10.9. The second kappa shape index (κ2) is 17.8. The number of aromatic nitrogens is 2. The van der Waals surface area contributed by atoms with E-state index in [0.29, 0.717) is 15.9 Å². The fraction of sp³-hybridized carbons (Fsp3) is 0.273. The van der Waals surface area contributed by atoms with Crippen LogP contribution in [0, 0.1) is 11.8 Å². The summed E-state index contributed by atoms with van der Waals surface area (Å²) >= 11 is 12.1. The second-order valence-electron chi connectivity index (χ2n) is 14.0. The van der Waals surface area contributed by atoms with Crippen molar-refractivity contribution in [2.24, 2.45) is 11.8 Å². The van der Waals surface area contributed by atoms with Crippen LogP contribution in [0.2, 0.25) is 10.0 Å². The van der Waals surface area contributed by atoms with Crippen molar-refractivity contribution in [2.45, 2.75) is 64.2 Å². The average molecular weight is 760 g/mol. The number of hydrogen-bond acceptors (Lipinski definition) is 6. The number of pyridine rings is 2. The molecule has 2 amide bonds. The minimum Gasteiger partial charge on any atom is -0.340 e. The standard InChI is InChI=1S/C22H21Cl2N3O.C22H23N3O/c23-17-11-10-15(12-18(17)24)25-21-13-20(16-8-4-5-9-19(16)26-21)27-22(28)14-6-2-1-3-7-14;26-22(16-9-3-1-4-10-16)25-20-15-21(23-17-11-5-2-6-12-17)24-19-14-8-7-13-18(19)20/h4-5,8-14H,1-3,6-7H2,(H2,25,26,27,28);2,5-8,11-16H,1,3-4,9-10H2,(H2,23,24,25,26). The fourth-order valence-corrected chi connectivity index (χ4v) is 7.57. The fourth-order valence-electron chi connectivity index (χ4n) is 7.28. The van der Waals surface area contributed by atoms with Gasteiger partial charge >= 0.3 is 0 Å². The number of fused-ring (bicyclic) bond motifs is 2. The molecule has 2 heterocycles. The van der Waals surface area contributed by atoms with E-state index in [0.717, 1.165) is 102 Å². The second-order valence-corrected chi connectivity index (χ2v) is 14.9. The number of para-hydroxylation sites is 3. The Morgan fingerprint density at radius 2 is 0.963 bits per heavy atom. The number of anilines is 6. The van der Waals surface area contributed by atoms with Crippen molar-refractivity contribution in [1.29, 1.82) is 0 Å². The van der Waals surface area contributed by atoms with Gasteiger partial charge in [0, 0.05) is 46.1 Å². The molecule has 2 fully saturated rings. The zero-order valence-corrected chi connectivity index (χ0v) is 31.6. The highest BCUT2D eigenvalue weighted by molar-refractivity contribution is 6.42. The smallest absolute Gasteiger partial charge is 0.227 e. The molecule has 10 heteroatoms. The summed E-state index contributed by atoms with van der Waals surface area (Å²) in [4.78, 5) is 34.9. The summed E-state index contributed by atoms with van der Waals surface area (Å²) in [5, 5.41) is 15.7. The van der Waals surface area contributed by atoms with Crippen molar-refractivity contribution in [3.63, 3.8) is 0 Å². The molecule has 0 bridgehead atoms. The molecule has 4 N–H and O–H groups in total. The predicted octanol–water partition coefficient (Wildman–Crippen LogP) is 12.3. The normalized spacial score (nSPS) is 14.9. The van der Waals surface area contributed by atoms with Gasteiger partial charge in [0.2, 0.25) is 11.8 Å². The van der Waals surface area contributed by atoms with Gasteiger partial charge < -0.3 is 21.3 Å². The van der Waals surface area contributed by atoms with Crippen LogP contribution < -0.4 is 21.3 Å². The van der Waals surface area contributed by atoms with E-state index in [4.69, 9.17) is 23.2 Å². The molecule has 0 aliphatic heterocycles. The summed E-state index contributed by atoms with van der Waals surface area (Å²) in [6.45, 7) is 0. The third kappa shape index (κ3) is 9.48. The number of amides is 2. The molecule has 0 atom stereocenters. The van der Waals surface area contributed by atoms with Crippen LogP contribution >= 0.6 is 23.2 Å². The SMILES string of the molecule is O=C(Nc1cc(Nc2ccc(Cl)c(Cl)c2)nc2ccccc12)C1CCCCC1.O=C(Nc1cc(Nc2ccccc2)nc2ccccc12)C1CCCCC1. The molecule has 0 spiro atoms. The molecule has 8 rings (SSSR count). The molecule has 2 saturated carbocycles. The molecule has 2 aliphatic carbocycles. The van der Waals surface area contributed by atoms with Crippen molar-refractivity contribution < 1.29 is 9.59 Å². The zero-order chi connectivity index (χ0) is 37.3. The van der Waals surface area contributed by atoms with Gasteiger partial charge in [-0.05, 0) is 68.1 Å². The van der Waals surface area contributed by atoms with Gasteiger partial charge in [0.25, 0.3) is 0 Å². The summed E-state index contributed by atoms with van der Waals surface area (Å²) < 4.78 is 0. The maximum atomic E-state index is 12.8. The highest BCUT2D eigenvalue weighted by Gasteiger charge is 2.23. The number of carbonyl (C=O) groups excluding carboxylic acids is 2. The van der Waals surface area contributed by atoms with Crippen LogP contribution in [0.4, 0.5) is 34.4 Å². The number of halogens is 2. The van der Waals surface area contributed by atoms with Crippen LogP contribution in [-0.4, -0.2) is 21.8 Å². The first-order valence-electron chi connectivity index (χ1n) is 18.8. The Morgan fingerprint density at radius 3 is 1.46 bits per heavy atom. The van der Waals surface area contributed by atoms with Crippen molar-refractivity contribution in [2.75, 3.05) is 21.3 Å². The quantitative estimate of drug-likeness (QED) is 0.123. The highest BCUT2D eigenvalue weighted by Crippen LogP contribution is 2.33. The summed E-state index contributed by atoms with van der Waals surface area (Å²) in [6, 6.07) is 34.8. The van der Waals surface area contributed by atoms with E-state index in [1.807, 2.05) is 97.1 Å². The summed E-state index contributed by atoms with van der Waals surface area (Å²) in [5.74, 6) is 1.81. The van der Waals surface area contributed by atoms with Gasteiger partial charge in [0.05, 0.1) is 32.5 Å². The third-order valence-electron chi connectivity index (χ3n) is 10.1. The summed E-state index contributed by atoms with van der Waals surface area (Å²) in [7, 11) is 0. The monoisotopic (exact) mass is 758 g/mol. The Hall–Kier alpha value is -5.18. The Balaban J connectivity index is 0.000000167. The van der Waals surface area contributed by atoms with E-state index in [9.17, 15) is 9.59 Å². The van der Waals surface area contributed by atoms with E-state index >= 15 is 0 Å². The molecule has 4 aromatic carbocycles. The number of rotatable bonds is 8. The van der Waals surface area contributed by atoms with Gasteiger partial charge in [-0.15, -0.1) is 0 Å². The van der Waals surface area contributed by atoms with E-state index in [1.165, 1.54) is 12.8 Å². The van der Waals surface area contributed by atoms with Crippen molar-refractivity contribution in [1.82, 2.24) is 9.97 Å². The summed E-state index contributed by atoms with van der Waals surface area (Å²) in [6.07, 6.45) is 10.9. The number of nitrogens with one attached hydrogen (secondary N) is 4. The van der Waals surface area contributed by atoms with Gasteiger partial charge in [-0.25, -0.2) is 9.97 Å². The minimum atomic E-state index is 0.0900. The number of carbonyl (C=O) groups is 2. The number of nitrogens with zero attached hydrogens (tertiary/aromatic N) is 2. The first kappa shape index (κ1) is 37.1.